The van der Waals surface area contributed by atoms with Crippen LogP contribution in [0.15, 0.2) is 79.6 Å². The first-order chi connectivity index (χ1) is 20.9. The number of rotatable bonds is 10. The van der Waals surface area contributed by atoms with Gasteiger partial charge in [-0.05, 0) is 74.7 Å². The second-order valence-corrected chi connectivity index (χ2v) is 10.3. The van der Waals surface area contributed by atoms with Crippen LogP contribution in [0.25, 0.3) is 23.0 Å². The van der Waals surface area contributed by atoms with Gasteiger partial charge in [0.2, 0.25) is 17.7 Å². The molecule has 1 atom stereocenters. The molecule has 8 nitrogen and oxygen atoms in total. The van der Waals surface area contributed by atoms with Gasteiger partial charge in [0.1, 0.15) is 11.6 Å². The fourth-order valence-corrected chi connectivity index (χ4v) is 5.10. The van der Waals surface area contributed by atoms with Gasteiger partial charge in [-0.2, -0.15) is 0 Å². The topological polar surface area (TPSA) is 101 Å². The van der Waals surface area contributed by atoms with Crippen molar-refractivity contribution in [2.24, 2.45) is 0 Å². The summed E-state index contributed by atoms with van der Waals surface area (Å²) in [6.45, 7) is 9.72. The predicted octanol–water partition coefficient (Wildman–Crippen LogP) is 6.31. The maximum atomic E-state index is 13.6. The van der Waals surface area contributed by atoms with Crippen LogP contribution in [0.2, 0.25) is 0 Å². The summed E-state index contributed by atoms with van der Waals surface area (Å²) in [7, 11) is 0. The number of amides is 1. The highest BCUT2D eigenvalue weighted by Gasteiger charge is 2.19. The summed E-state index contributed by atoms with van der Waals surface area (Å²) in [4.78, 5) is 26.6. The van der Waals surface area contributed by atoms with Crippen molar-refractivity contribution in [3.63, 3.8) is 0 Å². The van der Waals surface area contributed by atoms with Gasteiger partial charge in [0, 0.05) is 41.8 Å². The Kier molecular flexibility index (Phi) is 9.53. The van der Waals surface area contributed by atoms with Gasteiger partial charge in [0.15, 0.2) is 0 Å². The molecule has 2 aromatic carbocycles. The Morgan fingerprint density at radius 3 is 2.81 bits per heavy atom. The van der Waals surface area contributed by atoms with E-state index in [0.717, 1.165) is 37.1 Å². The quantitative estimate of drug-likeness (QED) is 0.203. The summed E-state index contributed by atoms with van der Waals surface area (Å²) < 4.78 is 20.1. The van der Waals surface area contributed by atoms with E-state index < -0.39 is 0 Å². The van der Waals surface area contributed by atoms with Gasteiger partial charge in [0.05, 0.1) is 17.7 Å². The molecule has 0 saturated carbocycles. The summed E-state index contributed by atoms with van der Waals surface area (Å²) in [5, 5.41) is 9.79. The number of hydrogen-bond acceptors (Lipinski definition) is 7. The molecule has 1 fully saturated rings. The number of benzene rings is 2. The van der Waals surface area contributed by atoms with Gasteiger partial charge < -0.3 is 20.7 Å². The average Bonchev–Trinajstić information content (AvgIpc) is 3.02. The number of piperidine rings is 1. The summed E-state index contributed by atoms with van der Waals surface area (Å²) in [6, 6.07) is 15.7. The number of pyridine rings is 1. The number of anilines is 1. The number of carbonyl (C=O) groups excluding carboxylic acids is 1. The molecule has 1 saturated heterocycles. The van der Waals surface area contributed by atoms with E-state index in [1.165, 1.54) is 12.1 Å². The highest BCUT2D eigenvalue weighted by molar-refractivity contribution is 5.90. The Balaban J connectivity index is 1.41. The van der Waals surface area contributed by atoms with Gasteiger partial charge in [-0.1, -0.05) is 43.0 Å². The maximum absolute atomic E-state index is 13.6. The van der Waals surface area contributed by atoms with Crippen LogP contribution < -0.4 is 20.7 Å². The van der Waals surface area contributed by atoms with Crippen LogP contribution in [0, 0.1) is 12.7 Å². The highest BCUT2D eigenvalue weighted by Crippen LogP contribution is 2.37. The molecule has 0 aliphatic carbocycles. The number of hydrogen-bond donors (Lipinski definition) is 3. The zero-order valence-electron chi connectivity index (χ0n) is 24.4. The van der Waals surface area contributed by atoms with Crippen LogP contribution >= 0.6 is 0 Å². The molecule has 0 unspecified atom stereocenters. The fraction of sp³-hybridized carbons (Fsp3) is 0.235. The first kappa shape index (κ1) is 29.6. The van der Waals surface area contributed by atoms with Crippen molar-refractivity contribution in [2.75, 3.05) is 18.4 Å². The SMILES string of the molecule is C=Cc1c(/C(=C\C)NC(=O)Cc2cccc(F)c2)ccc(C)c1Oc1ncccc1-c1ccnc(N[C@H]2CCCNC2)n1. The zero-order valence-corrected chi connectivity index (χ0v) is 24.4. The first-order valence-electron chi connectivity index (χ1n) is 14.4. The third-order valence-corrected chi connectivity index (χ3v) is 7.24. The van der Waals surface area contributed by atoms with Crippen LogP contribution in [0.1, 0.15) is 42.0 Å². The van der Waals surface area contributed by atoms with Crippen LogP contribution in [0.5, 0.6) is 11.6 Å². The smallest absolute Gasteiger partial charge is 0.228 e. The Hall–Kier alpha value is -4.89. The molecule has 0 spiro atoms. The van der Waals surface area contributed by atoms with E-state index in [2.05, 4.69) is 32.5 Å². The van der Waals surface area contributed by atoms with E-state index in [1.807, 2.05) is 50.3 Å². The molecule has 0 bridgehead atoms. The van der Waals surface area contributed by atoms with E-state index in [1.54, 1.807) is 30.6 Å². The predicted molar refractivity (Wildman–Crippen MR) is 168 cm³/mol. The van der Waals surface area contributed by atoms with E-state index in [-0.39, 0.29) is 24.2 Å². The minimum atomic E-state index is -0.379. The zero-order chi connectivity index (χ0) is 30.2. The number of halogens is 1. The molecule has 5 rings (SSSR count). The van der Waals surface area contributed by atoms with Gasteiger partial charge >= 0.3 is 0 Å². The molecular weight excluding hydrogens is 543 g/mol. The second kappa shape index (κ2) is 13.8. The molecule has 3 heterocycles. The molecule has 2 aromatic heterocycles. The van der Waals surface area contributed by atoms with Crippen molar-refractivity contribution < 1.29 is 13.9 Å². The molecule has 1 aliphatic rings. The lowest BCUT2D eigenvalue weighted by Gasteiger charge is -2.23. The average molecular weight is 579 g/mol. The van der Waals surface area contributed by atoms with Crippen molar-refractivity contribution >= 4 is 23.6 Å². The number of allylic oxidation sites excluding steroid dienone is 1. The number of aromatic nitrogens is 3. The largest absolute Gasteiger partial charge is 0.437 e. The number of carbonyl (C=O) groups is 1. The van der Waals surface area contributed by atoms with Crippen LogP contribution in [-0.4, -0.2) is 40.0 Å². The summed E-state index contributed by atoms with van der Waals surface area (Å²) >= 11 is 0. The second-order valence-electron chi connectivity index (χ2n) is 10.3. The third kappa shape index (κ3) is 7.31. The van der Waals surface area contributed by atoms with Crippen molar-refractivity contribution in [1.29, 1.82) is 0 Å². The van der Waals surface area contributed by atoms with Crippen molar-refractivity contribution in [2.45, 2.75) is 39.2 Å². The standard InChI is InChI=1S/C34H35FN6O2/c1-4-26-27(29(5-2)40-31(42)20-23-9-6-10-24(35)19-23)14-13-22(3)32(26)43-33-28(12-8-17-37-33)30-15-18-38-34(41-30)39-25-11-7-16-36-21-25/h4-6,8-10,12-15,17-19,25,36H,1,7,11,16,20-21H2,2-3H3,(H,40,42)(H,38,39,41)/b29-5+/t25-/m0/s1. The summed E-state index contributed by atoms with van der Waals surface area (Å²) in [6.07, 6.45) is 9.11. The molecule has 43 heavy (non-hydrogen) atoms. The van der Waals surface area contributed by atoms with E-state index in [0.29, 0.717) is 45.7 Å². The lowest BCUT2D eigenvalue weighted by molar-refractivity contribution is -0.119. The number of ether oxygens (including phenoxy) is 1. The molecule has 1 amide bonds. The van der Waals surface area contributed by atoms with E-state index in [4.69, 9.17) is 9.72 Å². The molecular formula is C34H35FN6O2. The molecule has 0 radical (unpaired) electrons. The van der Waals surface area contributed by atoms with Crippen molar-refractivity contribution in [3.05, 3.63) is 108 Å². The summed E-state index contributed by atoms with van der Waals surface area (Å²) in [5.74, 6) is 0.855. The normalized spacial score (nSPS) is 15.0. The molecule has 9 heteroatoms. The molecule has 1 aliphatic heterocycles. The molecule has 4 aromatic rings. The maximum Gasteiger partial charge on any atom is 0.228 e. The van der Waals surface area contributed by atoms with Crippen LogP contribution in [0.4, 0.5) is 10.3 Å². The van der Waals surface area contributed by atoms with E-state index >= 15 is 0 Å². The van der Waals surface area contributed by atoms with Crippen LogP contribution in [0.3, 0.4) is 0 Å². The molecule has 220 valence electrons. The van der Waals surface area contributed by atoms with Gasteiger partial charge in [-0.15, -0.1) is 0 Å². The number of aryl methyl sites for hydroxylation is 1. The summed E-state index contributed by atoms with van der Waals surface area (Å²) in [5.41, 5.74) is 4.87. The Bertz CT molecular complexity index is 1650. The molecule has 3 N–H and O–H groups in total. The number of nitrogens with one attached hydrogen (secondary N) is 3. The lowest BCUT2D eigenvalue weighted by atomic mass is 9.99. The lowest BCUT2D eigenvalue weighted by Crippen LogP contribution is -2.38. The Morgan fingerprint density at radius 2 is 2.05 bits per heavy atom. The van der Waals surface area contributed by atoms with Gasteiger partial charge in [-0.25, -0.2) is 19.3 Å². The monoisotopic (exact) mass is 578 g/mol. The Morgan fingerprint density at radius 1 is 1.16 bits per heavy atom. The van der Waals surface area contributed by atoms with E-state index in [9.17, 15) is 9.18 Å². The van der Waals surface area contributed by atoms with Crippen molar-refractivity contribution in [1.82, 2.24) is 25.6 Å². The van der Waals surface area contributed by atoms with Gasteiger partial charge in [-0.3, -0.25) is 4.79 Å². The van der Waals surface area contributed by atoms with Crippen LogP contribution in [-0.2, 0) is 11.2 Å². The minimum Gasteiger partial charge on any atom is -0.437 e. The number of nitrogens with zero attached hydrogens (tertiary/aromatic N) is 3. The van der Waals surface area contributed by atoms with Crippen molar-refractivity contribution in [3.8, 4) is 22.9 Å². The van der Waals surface area contributed by atoms with Gasteiger partial charge in [0.25, 0.3) is 0 Å². The first-order valence-corrected chi connectivity index (χ1v) is 14.4. The minimum absolute atomic E-state index is 0.0398. The Labute approximate surface area is 251 Å². The third-order valence-electron chi connectivity index (χ3n) is 7.24. The fourth-order valence-electron chi connectivity index (χ4n) is 5.10. The highest BCUT2D eigenvalue weighted by atomic mass is 19.1.